The lowest BCUT2D eigenvalue weighted by atomic mass is 10.0. The summed E-state index contributed by atoms with van der Waals surface area (Å²) in [5, 5.41) is 1.23. The summed E-state index contributed by atoms with van der Waals surface area (Å²) in [7, 11) is 0. The quantitative estimate of drug-likeness (QED) is 0.686. The lowest BCUT2D eigenvalue weighted by Gasteiger charge is -2.22. The van der Waals surface area contributed by atoms with E-state index in [0.29, 0.717) is 0 Å². The summed E-state index contributed by atoms with van der Waals surface area (Å²) in [6.07, 6.45) is 6.93. The highest BCUT2D eigenvalue weighted by Crippen LogP contribution is 2.27. The molecule has 0 bridgehead atoms. The Bertz CT molecular complexity index is 928. The van der Waals surface area contributed by atoms with E-state index < -0.39 is 0 Å². The van der Waals surface area contributed by atoms with Crippen LogP contribution in [0.2, 0.25) is 0 Å². The van der Waals surface area contributed by atoms with Gasteiger partial charge < -0.3 is 9.80 Å². The van der Waals surface area contributed by atoms with Gasteiger partial charge in [0.2, 0.25) is 0 Å². The van der Waals surface area contributed by atoms with E-state index in [4.69, 9.17) is 0 Å². The minimum absolute atomic E-state index is 1.07. The van der Waals surface area contributed by atoms with Crippen molar-refractivity contribution >= 4 is 22.3 Å². The molecule has 26 heavy (non-hydrogen) atoms. The predicted molar refractivity (Wildman–Crippen MR) is 109 cm³/mol. The molecule has 1 saturated heterocycles. The summed E-state index contributed by atoms with van der Waals surface area (Å²) in [5.41, 5.74) is 6.79. The lowest BCUT2D eigenvalue weighted by molar-refractivity contribution is 0.804. The summed E-state index contributed by atoms with van der Waals surface area (Å²) < 4.78 is 0. The van der Waals surface area contributed by atoms with Crippen LogP contribution in [0.1, 0.15) is 24.0 Å². The van der Waals surface area contributed by atoms with E-state index in [9.17, 15) is 0 Å². The molecule has 2 aliphatic heterocycles. The first-order valence-electron chi connectivity index (χ1n) is 9.83. The fourth-order valence-electron chi connectivity index (χ4n) is 4.37. The molecule has 0 amide bonds. The van der Waals surface area contributed by atoms with Crippen LogP contribution in [0.15, 0.2) is 54.7 Å². The van der Waals surface area contributed by atoms with E-state index in [-0.39, 0.29) is 0 Å². The fourth-order valence-corrected chi connectivity index (χ4v) is 4.37. The van der Waals surface area contributed by atoms with Crippen LogP contribution in [-0.2, 0) is 12.8 Å². The summed E-state index contributed by atoms with van der Waals surface area (Å²) in [6.45, 7) is 4.56. The van der Waals surface area contributed by atoms with Crippen LogP contribution in [0.3, 0.4) is 0 Å². The molecule has 132 valence electrons. The van der Waals surface area contributed by atoms with E-state index in [2.05, 4.69) is 63.3 Å². The van der Waals surface area contributed by atoms with Crippen LogP contribution in [0, 0.1) is 0 Å². The first-order chi connectivity index (χ1) is 12.9. The molecule has 3 nitrogen and oxygen atoms in total. The topological polar surface area (TPSA) is 19.4 Å². The summed E-state index contributed by atoms with van der Waals surface area (Å²) in [6, 6.07) is 17.8. The Hall–Kier alpha value is -2.55. The number of fused-ring (bicyclic) bond motifs is 2. The molecule has 3 heteroatoms. The highest BCUT2D eigenvalue weighted by Gasteiger charge is 2.18. The summed E-state index contributed by atoms with van der Waals surface area (Å²) >= 11 is 0. The molecular formula is C23H25N3. The number of rotatable bonds is 2. The van der Waals surface area contributed by atoms with Gasteiger partial charge in [0.1, 0.15) is 0 Å². The molecule has 3 aromatic rings. The van der Waals surface area contributed by atoms with Crippen molar-refractivity contribution in [2.45, 2.75) is 25.7 Å². The lowest BCUT2D eigenvalue weighted by Crippen LogP contribution is -2.26. The Balaban J connectivity index is 1.38. The average molecular weight is 343 g/mol. The Morgan fingerprint density at radius 2 is 1.46 bits per heavy atom. The third-order valence-corrected chi connectivity index (χ3v) is 5.90. The van der Waals surface area contributed by atoms with Crippen molar-refractivity contribution < 1.29 is 0 Å². The molecule has 2 aromatic carbocycles. The normalized spacial score (nSPS) is 17.4. The molecule has 2 aliphatic rings. The van der Waals surface area contributed by atoms with Crippen molar-refractivity contribution in [2.75, 3.05) is 36.0 Å². The maximum Gasteiger partial charge on any atom is 0.0703 e. The van der Waals surface area contributed by atoms with Gasteiger partial charge >= 0.3 is 0 Å². The Morgan fingerprint density at radius 3 is 2.35 bits per heavy atom. The monoisotopic (exact) mass is 343 g/mol. The zero-order valence-corrected chi connectivity index (χ0v) is 15.2. The highest BCUT2D eigenvalue weighted by atomic mass is 15.1. The van der Waals surface area contributed by atoms with E-state index >= 15 is 0 Å². The van der Waals surface area contributed by atoms with Crippen LogP contribution in [0.5, 0.6) is 0 Å². The Labute approximate surface area is 155 Å². The number of pyridine rings is 1. The van der Waals surface area contributed by atoms with Crippen LogP contribution < -0.4 is 9.80 Å². The van der Waals surface area contributed by atoms with Crippen molar-refractivity contribution in [3.63, 3.8) is 0 Å². The Morgan fingerprint density at radius 1 is 0.692 bits per heavy atom. The fraction of sp³-hybridized carbons (Fsp3) is 0.348. The number of aromatic nitrogens is 1. The summed E-state index contributed by atoms with van der Waals surface area (Å²) in [4.78, 5) is 9.69. The third kappa shape index (κ3) is 2.92. The van der Waals surface area contributed by atoms with Gasteiger partial charge in [0.05, 0.1) is 17.4 Å². The predicted octanol–water partition coefficient (Wildman–Crippen LogP) is 4.44. The molecule has 0 N–H and O–H groups in total. The summed E-state index contributed by atoms with van der Waals surface area (Å²) in [5.74, 6) is 0. The minimum atomic E-state index is 1.07. The molecule has 0 aliphatic carbocycles. The molecule has 0 atom stereocenters. The maximum absolute atomic E-state index is 4.65. The molecule has 1 fully saturated rings. The zero-order valence-electron chi connectivity index (χ0n) is 15.2. The number of hydrogen-bond acceptors (Lipinski definition) is 3. The van der Waals surface area contributed by atoms with Crippen molar-refractivity contribution in [3.8, 4) is 0 Å². The smallest absolute Gasteiger partial charge is 0.0703 e. The highest BCUT2D eigenvalue weighted by molar-refractivity contribution is 5.81. The Kier molecular flexibility index (Phi) is 4.00. The van der Waals surface area contributed by atoms with Crippen molar-refractivity contribution in [1.82, 2.24) is 4.98 Å². The first-order valence-corrected chi connectivity index (χ1v) is 9.83. The van der Waals surface area contributed by atoms with Crippen molar-refractivity contribution in [2.24, 2.45) is 0 Å². The van der Waals surface area contributed by atoms with Gasteiger partial charge in [-0.2, -0.15) is 0 Å². The van der Waals surface area contributed by atoms with Gasteiger partial charge in [-0.05, 0) is 61.1 Å². The van der Waals surface area contributed by atoms with E-state index in [1.54, 1.807) is 0 Å². The number of anilines is 2. The van der Waals surface area contributed by atoms with Gasteiger partial charge in [0, 0.05) is 37.3 Å². The standard InChI is InChI=1S/C23H25N3/c1-2-6-23-20(5-1)16-22(17-24-23)26-13-9-18-7-8-21(15-19(18)10-14-26)25-11-3-4-12-25/h1-2,5-8,15-17H,3-4,9-14H2. The van der Waals surface area contributed by atoms with E-state index in [1.807, 2.05) is 6.20 Å². The zero-order chi connectivity index (χ0) is 17.3. The van der Waals surface area contributed by atoms with Crippen molar-refractivity contribution in [1.29, 1.82) is 0 Å². The van der Waals surface area contributed by atoms with Gasteiger partial charge in [-0.15, -0.1) is 0 Å². The van der Waals surface area contributed by atoms with Crippen LogP contribution in [0.4, 0.5) is 11.4 Å². The van der Waals surface area contributed by atoms with Crippen molar-refractivity contribution in [3.05, 3.63) is 65.9 Å². The SMILES string of the molecule is c1ccc2ncc(N3CCc4ccc(N5CCCC5)cc4CC3)cc2c1. The second-order valence-corrected chi connectivity index (χ2v) is 7.52. The van der Waals surface area contributed by atoms with Gasteiger partial charge in [-0.3, -0.25) is 4.98 Å². The van der Waals surface area contributed by atoms with E-state index in [0.717, 1.165) is 31.4 Å². The third-order valence-electron chi connectivity index (χ3n) is 5.90. The second-order valence-electron chi connectivity index (χ2n) is 7.52. The molecule has 3 heterocycles. The van der Waals surface area contributed by atoms with Gasteiger partial charge in [0.15, 0.2) is 0 Å². The second kappa shape index (κ2) is 6.64. The molecule has 1 aromatic heterocycles. The average Bonchev–Trinajstić information content (AvgIpc) is 3.15. The van der Waals surface area contributed by atoms with E-state index in [1.165, 1.54) is 53.8 Å². The largest absolute Gasteiger partial charge is 0.372 e. The minimum Gasteiger partial charge on any atom is -0.372 e. The molecule has 5 rings (SSSR count). The van der Waals surface area contributed by atoms with Gasteiger partial charge in [-0.25, -0.2) is 0 Å². The first kappa shape index (κ1) is 15.7. The molecule has 0 spiro atoms. The van der Waals surface area contributed by atoms with Crippen LogP contribution in [-0.4, -0.2) is 31.2 Å². The number of hydrogen-bond donors (Lipinski definition) is 0. The van der Waals surface area contributed by atoms with Gasteiger partial charge in [0.25, 0.3) is 0 Å². The molecule has 0 saturated carbocycles. The van der Waals surface area contributed by atoms with Gasteiger partial charge in [-0.1, -0.05) is 24.3 Å². The number of para-hydroxylation sites is 1. The number of nitrogens with zero attached hydrogens (tertiary/aromatic N) is 3. The van der Waals surface area contributed by atoms with Crippen LogP contribution in [0.25, 0.3) is 10.9 Å². The number of benzene rings is 2. The maximum atomic E-state index is 4.65. The molecule has 0 unspecified atom stereocenters. The molecule has 0 radical (unpaired) electrons. The molecular weight excluding hydrogens is 318 g/mol. The van der Waals surface area contributed by atoms with Crippen LogP contribution >= 0.6 is 0 Å².